The molecule has 8 heteroatoms. The Hall–Kier alpha value is -1.60. The Labute approximate surface area is 98.3 Å². The lowest BCUT2D eigenvalue weighted by molar-refractivity contribution is -0.271. The van der Waals surface area contributed by atoms with Gasteiger partial charge in [0, 0.05) is 0 Å². The Morgan fingerprint density at radius 1 is 1.11 bits per heavy atom. The molecule has 0 amide bonds. The standard InChI is InChI=1S/C10H9F6NO/c11-8(12)10(15,16)9(13,14)5-18-7-4-2-1-3-6(7)17/h1-4,8H,5,17H2. The number of ether oxygens (including phenoxy) is 1. The van der Waals surface area contributed by atoms with E-state index in [1.54, 1.807) is 0 Å². The minimum absolute atomic E-state index is 0.0614. The zero-order valence-electron chi connectivity index (χ0n) is 8.85. The molecule has 1 rings (SSSR count). The molecule has 0 saturated carbocycles. The van der Waals surface area contributed by atoms with Gasteiger partial charge in [-0.15, -0.1) is 0 Å². The van der Waals surface area contributed by atoms with Gasteiger partial charge in [0.2, 0.25) is 0 Å². The van der Waals surface area contributed by atoms with E-state index in [4.69, 9.17) is 5.73 Å². The number of hydrogen-bond donors (Lipinski definition) is 1. The topological polar surface area (TPSA) is 35.2 Å². The van der Waals surface area contributed by atoms with Crippen molar-refractivity contribution in [1.82, 2.24) is 0 Å². The van der Waals surface area contributed by atoms with Crippen molar-refractivity contribution in [3.05, 3.63) is 24.3 Å². The van der Waals surface area contributed by atoms with Crippen LogP contribution in [0, 0.1) is 0 Å². The summed E-state index contributed by atoms with van der Waals surface area (Å²) < 4.78 is 78.7. The van der Waals surface area contributed by atoms with E-state index in [2.05, 4.69) is 4.74 Å². The smallest absolute Gasteiger partial charge is 0.372 e. The van der Waals surface area contributed by atoms with Gasteiger partial charge in [0.1, 0.15) is 5.75 Å². The van der Waals surface area contributed by atoms with Crippen LogP contribution < -0.4 is 10.5 Å². The average molecular weight is 273 g/mol. The van der Waals surface area contributed by atoms with Gasteiger partial charge in [-0.2, -0.15) is 17.6 Å². The lowest BCUT2D eigenvalue weighted by atomic mass is 10.2. The second-order valence-corrected chi connectivity index (χ2v) is 3.45. The summed E-state index contributed by atoms with van der Waals surface area (Å²) in [6.07, 6.45) is -4.48. The molecule has 0 fully saturated rings. The third-order valence-electron chi connectivity index (χ3n) is 2.09. The van der Waals surface area contributed by atoms with Crippen LogP contribution in [0.5, 0.6) is 5.75 Å². The normalized spacial score (nSPS) is 12.8. The van der Waals surface area contributed by atoms with Crippen molar-refractivity contribution < 1.29 is 31.1 Å². The van der Waals surface area contributed by atoms with Gasteiger partial charge >= 0.3 is 18.3 Å². The van der Waals surface area contributed by atoms with Gasteiger partial charge in [0.15, 0.2) is 6.61 Å². The van der Waals surface area contributed by atoms with E-state index in [-0.39, 0.29) is 11.4 Å². The molecule has 1 aromatic rings. The van der Waals surface area contributed by atoms with Crippen molar-refractivity contribution in [1.29, 1.82) is 0 Å². The molecule has 0 saturated heterocycles. The van der Waals surface area contributed by atoms with Crippen LogP contribution in [0.25, 0.3) is 0 Å². The summed E-state index contributed by atoms with van der Waals surface area (Å²) in [7, 11) is 0. The van der Waals surface area contributed by atoms with Crippen LogP contribution in [-0.2, 0) is 0 Å². The Bertz CT molecular complexity index is 409. The maximum Gasteiger partial charge on any atom is 0.372 e. The highest BCUT2D eigenvalue weighted by Gasteiger charge is 2.63. The molecular formula is C10H9F6NO. The Balaban J connectivity index is 2.76. The zero-order chi connectivity index (χ0) is 14.0. The summed E-state index contributed by atoms with van der Waals surface area (Å²) in [6.45, 7) is -1.89. The van der Waals surface area contributed by atoms with Gasteiger partial charge in [-0.05, 0) is 12.1 Å². The van der Waals surface area contributed by atoms with Crippen molar-refractivity contribution in [2.75, 3.05) is 12.3 Å². The molecule has 18 heavy (non-hydrogen) atoms. The van der Waals surface area contributed by atoms with Crippen LogP contribution in [-0.4, -0.2) is 24.9 Å². The second-order valence-electron chi connectivity index (χ2n) is 3.45. The maximum absolute atomic E-state index is 12.9. The van der Waals surface area contributed by atoms with E-state index in [1.807, 2.05) is 0 Å². The van der Waals surface area contributed by atoms with Gasteiger partial charge in [-0.25, -0.2) is 8.78 Å². The lowest BCUT2D eigenvalue weighted by Crippen LogP contribution is -2.50. The molecule has 0 radical (unpaired) electrons. The van der Waals surface area contributed by atoms with Crippen LogP contribution in [0.4, 0.5) is 32.0 Å². The molecular weight excluding hydrogens is 264 g/mol. The molecule has 2 nitrogen and oxygen atoms in total. The lowest BCUT2D eigenvalue weighted by Gasteiger charge is -2.25. The highest BCUT2D eigenvalue weighted by molar-refractivity contribution is 5.51. The van der Waals surface area contributed by atoms with Crippen LogP contribution in [0.3, 0.4) is 0 Å². The molecule has 0 aliphatic rings. The van der Waals surface area contributed by atoms with Gasteiger partial charge in [0.05, 0.1) is 5.69 Å². The number of para-hydroxylation sites is 2. The van der Waals surface area contributed by atoms with Crippen LogP contribution in [0.15, 0.2) is 24.3 Å². The molecule has 0 aliphatic carbocycles. The molecule has 2 N–H and O–H groups in total. The first-order valence-electron chi connectivity index (χ1n) is 4.69. The number of halogens is 6. The highest BCUT2D eigenvalue weighted by Crippen LogP contribution is 2.39. The molecule has 0 aromatic heterocycles. The third kappa shape index (κ3) is 2.80. The van der Waals surface area contributed by atoms with E-state index in [0.717, 1.165) is 6.07 Å². The Morgan fingerprint density at radius 3 is 2.17 bits per heavy atom. The Morgan fingerprint density at radius 2 is 1.67 bits per heavy atom. The highest BCUT2D eigenvalue weighted by atomic mass is 19.3. The summed E-state index contributed by atoms with van der Waals surface area (Å²) in [5, 5.41) is 0. The van der Waals surface area contributed by atoms with E-state index in [9.17, 15) is 26.3 Å². The summed E-state index contributed by atoms with van der Waals surface area (Å²) in [5.41, 5.74) is 5.25. The van der Waals surface area contributed by atoms with Crippen LogP contribution >= 0.6 is 0 Å². The van der Waals surface area contributed by atoms with E-state index >= 15 is 0 Å². The summed E-state index contributed by atoms with van der Waals surface area (Å²) >= 11 is 0. The van der Waals surface area contributed by atoms with Crippen molar-refractivity contribution in [2.24, 2.45) is 0 Å². The average Bonchev–Trinajstić information content (AvgIpc) is 2.27. The molecule has 102 valence electrons. The fourth-order valence-electron chi connectivity index (χ4n) is 1.04. The van der Waals surface area contributed by atoms with Crippen LogP contribution in [0.1, 0.15) is 0 Å². The summed E-state index contributed by atoms with van der Waals surface area (Å²) in [4.78, 5) is 0. The molecule has 0 unspecified atom stereocenters. The first-order chi connectivity index (χ1) is 8.18. The van der Waals surface area contributed by atoms with Crippen molar-refractivity contribution >= 4 is 5.69 Å². The molecule has 0 aliphatic heterocycles. The fourth-order valence-corrected chi connectivity index (χ4v) is 1.04. The number of nitrogen functional groups attached to an aromatic ring is 1. The number of nitrogens with two attached hydrogens (primary N) is 1. The maximum atomic E-state index is 12.9. The van der Waals surface area contributed by atoms with Crippen LogP contribution in [0.2, 0.25) is 0 Å². The van der Waals surface area contributed by atoms with E-state index < -0.39 is 24.9 Å². The number of hydrogen-bond acceptors (Lipinski definition) is 2. The Kier molecular flexibility index (Phi) is 3.98. The number of benzene rings is 1. The number of rotatable bonds is 5. The molecule has 0 bridgehead atoms. The van der Waals surface area contributed by atoms with Crippen molar-refractivity contribution in [3.8, 4) is 5.75 Å². The SMILES string of the molecule is Nc1ccccc1OCC(F)(F)C(F)(F)C(F)F. The molecule has 0 atom stereocenters. The molecule has 1 aromatic carbocycles. The zero-order valence-corrected chi connectivity index (χ0v) is 8.85. The second kappa shape index (κ2) is 4.95. The van der Waals surface area contributed by atoms with Gasteiger partial charge < -0.3 is 10.5 Å². The van der Waals surface area contributed by atoms with Crippen molar-refractivity contribution in [3.63, 3.8) is 0 Å². The van der Waals surface area contributed by atoms with E-state index in [1.165, 1.54) is 18.2 Å². The first kappa shape index (κ1) is 14.5. The predicted octanol–water partition coefficient (Wildman–Crippen LogP) is 3.18. The predicted molar refractivity (Wildman–Crippen MR) is 52.2 cm³/mol. The summed E-state index contributed by atoms with van der Waals surface area (Å²) in [5.74, 6) is -10.7. The van der Waals surface area contributed by atoms with E-state index in [0.29, 0.717) is 0 Å². The summed E-state index contributed by atoms with van der Waals surface area (Å²) in [6, 6.07) is 5.29. The quantitative estimate of drug-likeness (QED) is 0.660. The minimum atomic E-state index is -5.46. The largest absolute Gasteiger partial charge is 0.485 e. The molecule has 0 heterocycles. The number of alkyl halides is 6. The third-order valence-corrected chi connectivity index (χ3v) is 2.09. The number of anilines is 1. The molecule has 0 spiro atoms. The monoisotopic (exact) mass is 273 g/mol. The van der Waals surface area contributed by atoms with Gasteiger partial charge in [0.25, 0.3) is 0 Å². The minimum Gasteiger partial charge on any atom is -0.485 e. The first-order valence-corrected chi connectivity index (χ1v) is 4.69. The van der Waals surface area contributed by atoms with Gasteiger partial charge in [-0.3, -0.25) is 0 Å². The fraction of sp³-hybridized carbons (Fsp3) is 0.400. The van der Waals surface area contributed by atoms with Crippen molar-refractivity contribution in [2.45, 2.75) is 18.3 Å². The van der Waals surface area contributed by atoms with Gasteiger partial charge in [-0.1, -0.05) is 12.1 Å².